The van der Waals surface area contributed by atoms with Gasteiger partial charge in [0.15, 0.2) is 0 Å². The molecule has 2 aromatic rings. The first-order chi connectivity index (χ1) is 7.08. The van der Waals surface area contributed by atoms with Crippen molar-refractivity contribution < 1.29 is 0 Å². The fraction of sp³-hybridized carbons (Fsp3) is 0.333. The van der Waals surface area contributed by atoms with E-state index in [9.17, 15) is 0 Å². The van der Waals surface area contributed by atoms with Gasteiger partial charge in [-0.15, -0.1) is 0 Å². The van der Waals surface area contributed by atoms with Gasteiger partial charge in [0, 0.05) is 35.7 Å². The summed E-state index contributed by atoms with van der Waals surface area (Å²) in [6.07, 6.45) is 2.17. The summed E-state index contributed by atoms with van der Waals surface area (Å²) in [5.74, 6) is 0. The minimum Gasteiger partial charge on any atom is -0.350 e. The van der Waals surface area contributed by atoms with Crippen LogP contribution in [0.4, 0.5) is 0 Å². The van der Waals surface area contributed by atoms with Gasteiger partial charge in [0.25, 0.3) is 0 Å². The van der Waals surface area contributed by atoms with Gasteiger partial charge in [-0.1, -0.05) is 11.6 Å². The Balaban J connectivity index is 2.59. The Morgan fingerprint density at radius 1 is 1.33 bits per heavy atom. The van der Waals surface area contributed by atoms with Crippen LogP contribution in [0.5, 0.6) is 0 Å². The molecule has 0 saturated carbocycles. The largest absolute Gasteiger partial charge is 0.350 e. The summed E-state index contributed by atoms with van der Waals surface area (Å²) in [7, 11) is 6.21. The van der Waals surface area contributed by atoms with Crippen LogP contribution < -0.4 is 0 Å². The quantitative estimate of drug-likeness (QED) is 0.759. The molecule has 1 heterocycles. The number of benzene rings is 1. The van der Waals surface area contributed by atoms with Crippen molar-refractivity contribution in [2.75, 3.05) is 14.1 Å². The van der Waals surface area contributed by atoms with E-state index in [0.29, 0.717) is 0 Å². The summed E-state index contributed by atoms with van der Waals surface area (Å²) in [5.41, 5.74) is 2.55. The van der Waals surface area contributed by atoms with Crippen LogP contribution in [0.3, 0.4) is 0 Å². The number of halogens is 1. The number of rotatable bonds is 2. The first kappa shape index (κ1) is 10.5. The van der Waals surface area contributed by atoms with Crippen LogP contribution >= 0.6 is 11.6 Å². The highest BCUT2D eigenvalue weighted by molar-refractivity contribution is 6.31. The van der Waals surface area contributed by atoms with Crippen LogP contribution in [-0.2, 0) is 13.6 Å². The number of hydrogen-bond acceptors (Lipinski definition) is 1. The standard InChI is InChI=1S/C12H15ClN2/c1-14(2)7-9-8-15(3)12-5-4-10(13)6-11(9)12/h4-6,8H,7H2,1-3H3. The summed E-state index contributed by atoms with van der Waals surface area (Å²) in [4.78, 5) is 2.16. The van der Waals surface area contributed by atoms with E-state index in [0.717, 1.165) is 11.6 Å². The zero-order valence-corrected chi connectivity index (χ0v) is 10.0. The lowest BCUT2D eigenvalue weighted by molar-refractivity contribution is 0.404. The molecule has 0 saturated heterocycles. The minimum absolute atomic E-state index is 0.800. The Bertz CT molecular complexity index is 486. The summed E-state index contributed by atoms with van der Waals surface area (Å²) >= 11 is 6.01. The predicted molar refractivity (Wildman–Crippen MR) is 65.3 cm³/mol. The number of nitrogens with zero attached hydrogens (tertiary/aromatic N) is 2. The van der Waals surface area contributed by atoms with Crippen LogP contribution in [0.2, 0.25) is 5.02 Å². The molecule has 0 atom stereocenters. The molecule has 0 fully saturated rings. The highest BCUT2D eigenvalue weighted by Crippen LogP contribution is 2.24. The Morgan fingerprint density at radius 3 is 2.73 bits per heavy atom. The molecule has 2 rings (SSSR count). The van der Waals surface area contributed by atoms with E-state index in [4.69, 9.17) is 11.6 Å². The van der Waals surface area contributed by atoms with Crippen molar-refractivity contribution in [2.24, 2.45) is 7.05 Å². The lowest BCUT2D eigenvalue weighted by Crippen LogP contribution is -2.10. The molecule has 0 aliphatic heterocycles. The van der Waals surface area contributed by atoms with Crippen LogP contribution in [0.15, 0.2) is 24.4 Å². The second-order valence-electron chi connectivity index (χ2n) is 4.16. The van der Waals surface area contributed by atoms with Gasteiger partial charge in [-0.05, 0) is 37.9 Å². The van der Waals surface area contributed by atoms with E-state index in [1.807, 2.05) is 12.1 Å². The summed E-state index contributed by atoms with van der Waals surface area (Å²) in [6.45, 7) is 0.942. The first-order valence-corrected chi connectivity index (χ1v) is 5.34. The van der Waals surface area contributed by atoms with E-state index in [1.54, 1.807) is 0 Å². The third-order valence-electron chi connectivity index (χ3n) is 2.52. The molecule has 1 aromatic carbocycles. The van der Waals surface area contributed by atoms with Gasteiger partial charge >= 0.3 is 0 Å². The highest BCUT2D eigenvalue weighted by Gasteiger charge is 2.07. The molecule has 15 heavy (non-hydrogen) atoms. The van der Waals surface area contributed by atoms with Crippen molar-refractivity contribution in [3.63, 3.8) is 0 Å². The van der Waals surface area contributed by atoms with Crippen molar-refractivity contribution in [2.45, 2.75) is 6.54 Å². The van der Waals surface area contributed by atoms with Gasteiger partial charge in [-0.2, -0.15) is 0 Å². The van der Waals surface area contributed by atoms with E-state index >= 15 is 0 Å². The fourth-order valence-electron chi connectivity index (χ4n) is 1.91. The third-order valence-corrected chi connectivity index (χ3v) is 2.76. The second kappa shape index (κ2) is 3.87. The predicted octanol–water partition coefficient (Wildman–Crippen LogP) is 2.89. The Hall–Kier alpha value is -0.990. The molecule has 0 unspecified atom stereocenters. The Morgan fingerprint density at radius 2 is 2.07 bits per heavy atom. The van der Waals surface area contributed by atoms with Crippen molar-refractivity contribution in [1.29, 1.82) is 0 Å². The van der Waals surface area contributed by atoms with Gasteiger partial charge in [0.05, 0.1) is 0 Å². The zero-order chi connectivity index (χ0) is 11.0. The van der Waals surface area contributed by atoms with E-state index in [-0.39, 0.29) is 0 Å². The average Bonchev–Trinajstić information content (AvgIpc) is 2.42. The summed E-state index contributed by atoms with van der Waals surface area (Å²) in [6, 6.07) is 6.04. The Labute approximate surface area is 95.1 Å². The molecular formula is C12H15ClN2. The van der Waals surface area contributed by atoms with Crippen molar-refractivity contribution in [3.8, 4) is 0 Å². The minimum atomic E-state index is 0.800. The number of aromatic nitrogens is 1. The molecule has 2 nitrogen and oxygen atoms in total. The van der Waals surface area contributed by atoms with Crippen LogP contribution in [0.1, 0.15) is 5.56 Å². The van der Waals surface area contributed by atoms with E-state index in [2.05, 4.69) is 42.9 Å². The maximum Gasteiger partial charge on any atom is 0.0482 e. The van der Waals surface area contributed by atoms with Gasteiger partial charge < -0.3 is 9.47 Å². The molecule has 0 aliphatic carbocycles. The lowest BCUT2D eigenvalue weighted by Gasteiger charge is -2.07. The van der Waals surface area contributed by atoms with Crippen LogP contribution in [0, 0.1) is 0 Å². The normalized spacial score (nSPS) is 11.5. The first-order valence-electron chi connectivity index (χ1n) is 4.96. The van der Waals surface area contributed by atoms with Gasteiger partial charge in [0.1, 0.15) is 0 Å². The van der Waals surface area contributed by atoms with Gasteiger partial charge in [-0.25, -0.2) is 0 Å². The van der Waals surface area contributed by atoms with Crippen LogP contribution in [-0.4, -0.2) is 23.6 Å². The molecule has 0 spiro atoms. The summed E-state index contributed by atoms with van der Waals surface area (Å²) < 4.78 is 2.14. The average molecular weight is 223 g/mol. The molecule has 0 radical (unpaired) electrons. The molecule has 0 amide bonds. The van der Waals surface area contributed by atoms with Crippen LogP contribution in [0.25, 0.3) is 10.9 Å². The topological polar surface area (TPSA) is 8.17 Å². The summed E-state index contributed by atoms with van der Waals surface area (Å²) in [5, 5.41) is 2.05. The Kier molecular flexibility index (Phi) is 2.72. The van der Waals surface area contributed by atoms with Crippen molar-refractivity contribution >= 4 is 22.5 Å². The lowest BCUT2D eigenvalue weighted by atomic mass is 10.2. The van der Waals surface area contributed by atoms with Crippen molar-refractivity contribution in [3.05, 3.63) is 35.0 Å². The fourth-order valence-corrected chi connectivity index (χ4v) is 2.08. The zero-order valence-electron chi connectivity index (χ0n) is 9.29. The third kappa shape index (κ3) is 2.01. The van der Waals surface area contributed by atoms with Gasteiger partial charge in [-0.3, -0.25) is 0 Å². The number of fused-ring (bicyclic) bond motifs is 1. The van der Waals surface area contributed by atoms with E-state index < -0.39 is 0 Å². The number of aryl methyl sites for hydroxylation is 1. The monoisotopic (exact) mass is 222 g/mol. The molecule has 1 aromatic heterocycles. The molecule has 3 heteroatoms. The van der Waals surface area contributed by atoms with E-state index in [1.165, 1.54) is 16.5 Å². The van der Waals surface area contributed by atoms with Gasteiger partial charge in [0.2, 0.25) is 0 Å². The molecular weight excluding hydrogens is 208 g/mol. The second-order valence-corrected chi connectivity index (χ2v) is 4.60. The molecule has 80 valence electrons. The van der Waals surface area contributed by atoms with Crippen molar-refractivity contribution in [1.82, 2.24) is 9.47 Å². The highest BCUT2D eigenvalue weighted by atomic mass is 35.5. The molecule has 0 N–H and O–H groups in total. The molecule has 0 aliphatic rings. The maximum atomic E-state index is 6.01. The number of hydrogen-bond donors (Lipinski definition) is 0. The smallest absolute Gasteiger partial charge is 0.0482 e. The molecule has 0 bridgehead atoms. The SMILES string of the molecule is CN(C)Cc1cn(C)c2ccc(Cl)cc12. The maximum absolute atomic E-state index is 6.01.